The van der Waals surface area contributed by atoms with Gasteiger partial charge >= 0.3 is 0 Å². The lowest BCUT2D eigenvalue weighted by Crippen LogP contribution is -1.91. The molecule has 0 saturated carbocycles. The third kappa shape index (κ3) is 3.27. The maximum Gasteiger partial charge on any atom is 0.276 e. The molecule has 0 spiro atoms. The van der Waals surface area contributed by atoms with Crippen LogP contribution in [0.5, 0.6) is 17.2 Å². The van der Waals surface area contributed by atoms with Gasteiger partial charge in [0.1, 0.15) is 11.4 Å². The smallest absolute Gasteiger partial charge is 0.276 e. The summed E-state index contributed by atoms with van der Waals surface area (Å²) in [6, 6.07) is 14.9. The second kappa shape index (κ2) is 7.43. The molecule has 0 aliphatic heterocycles. The van der Waals surface area contributed by atoms with Crippen molar-refractivity contribution in [3.05, 3.63) is 48.5 Å². The molecule has 1 N–H and O–H groups in total. The zero-order valence-corrected chi connectivity index (χ0v) is 15.6. The van der Waals surface area contributed by atoms with Crippen molar-refractivity contribution in [1.82, 2.24) is 20.3 Å². The molecule has 142 valence electrons. The molecule has 2 aromatic heterocycles. The summed E-state index contributed by atoms with van der Waals surface area (Å²) in [5, 5.41) is 11.3. The second-order valence-electron chi connectivity index (χ2n) is 5.89. The Balaban J connectivity index is 1.62. The number of aromatic nitrogens is 4. The minimum absolute atomic E-state index is 0.339. The van der Waals surface area contributed by atoms with E-state index in [1.165, 1.54) is 0 Å². The van der Waals surface area contributed by atoms with Gasteiger partial charge in [0.05, 0.1) is 27.0 Å². The highest BCUT2D eigenvalue weighted by molar-refractivity contribution is 5.67. The standard InChI is InChI=1S/C20H18N4O4/c1-25-14-6-4-5-12(9-14)15-11-16(23-22-15)20-21-19(24-28-20)13-7-8-17(26-2)18(10-13)27-3/h4-11H,1-3H3,(H,22,23). The number of ether oxygens (including phenoxy) is 3. The Morgan fingerprint density at radius 2 is 1.71 bits per heavy atom. The molecule has 4 rings (SSSR count). The summed E-state index contributed by atoms with van der Waals surface area (Å²) in [5.41, 5.74) is 3.04. The van der Waals surface area contributed by atoms with Crippen LogP contribution in [0.4, 0.5) is 0 Å². The number of hydrogen-bond donors (Lipinski definition) is 1. The van der Waals surface area contributed by atoms with E-state index in [2.05, 4.69) is 20.3 Å². The summed E-state index contributed by atoms with van der Waals surface area (Å²) in [6.45, 7) is 0. The van der Waals surface area contributed by atoms with Gasteiger partial charge in [-0.05, 0) is 36.4 Å². The summed E-state index contributed by atoms with van der Waals surface area (Å²) in [5.74, 6) is 2.76. The van der Waals surface area contributed by atoms with E-state index in [1.807, 2.05) is 36.4 Å². The predicted molar refractivity (Wildman–Crippen MR) is 102 cm³/mol. The molecule has 0 saturated heterocycles. The van der Waals surface area contributed by atoms with Crippen LogP contribution in [0.25, 0.3) is 34.2 Å². The Hall–Kier alpha value is -3.81. The molecule has 0 aliphatic rings. The highest BCUT2D eigenvalue weighted by atomic mass is 16.5. The number of nitrogens with zero attached hydrogens (tertiary/aromatic N) is 3. The normalized spacial score (nSPS) is 10.7. The van der Waals surface area contributed by atoms with Gasteiger partial charge in [-0.2, -0.15) is 10.1 Å². The Morgan fingerprint density at radius 1 is 0.857 bits per heavy atom. The lowest BCUT2D eigenvalue weighted by atomic mass is 10.1. The van der Waals surface area contributed by atoms with Crippen molar-refractivity contribution in [3.63, 3.8) is 0 Å². The predicted octanol–water partition coefficient (Wildman–Crippen LogP) is 3.82. The highest BCUT2D eigenvalue weighted by Gasteiger charge is 2.15. The van der Waals surface area contributed by atoms with Gasteiger partial charge in [0.25, 0.3) is 5.89 Å². The first-order valence-corrected chi connectivity index (χ1v) is 8.48. The van der Waals surface area contributed by atoms with Crippen molar-refractivity contribution in [2.75, 3.05) is 21.3 Å². The summed E-state index contributed by atoms with van der Waals surface area (Å²) in [6.07, 6.45) is 0. The molecule has 0 bridgehead atoms. The first-order chi connectivity index (χ1) is 13.7. The van der Waals surface area contributed by atoms with E-state index in [0.717, 1.165) is 22.6 Å². The van der Waals surface area contributed by atoms with Crippen molar-refractivity contribution in [1.29, 1.82) is 0 Å². The topological polar surface area (TPSA) is 95.3 Å². The van der Waals surface area contributed by atoms with E-state index in [0.29, 0.717) is 28.9 Å². The van der Waals surface area contributed by atoms with Crippen molar-refractivity contribution in [2.45, 2.75) is 0 Å². The minimum atomic E-state index is 0.339. The van der Waals surface area contributed by atoms with E-state index in [1.54, 1.807) is 33.5 Å². The van der Waals surface area contributed by atoms with Gasteiger partial charge in [0.2, 0.25) is 5.82 Å². The van der Waals surface area contributed by atoms with Gasteiger partial charge in [-0.25, -0.2) is 0 Å². The van der Waals surface area contributed by atoms with E-state index < -0.39 is 0 Å². The van der Waals surface area contributed by atoms with Crippen LogP contribution >= 0.6 is 0 Å². The van der Waals surface area contributed by atoms with Gasteiger partial charge in [-0.15, -0.1) is 0 Å². The number of H-pyrrole nitrogens is 1. The zero-order valence-electron chi connectivity index (χ0n) is 15.6. The average Bonchev–Trinajstić information content (AvgIpc) is 3.43. The lowest BCUT2D eigenvalue weighted by molar-refractivity contribution is 0.355. The first kappa shape index (κ1) is 17.6. The summed E-state index contributed by atoms with van der Waals surface area (Å²) in [7, 11) is 4.79. The molecule has 8 heteroatoms. The molecule has 8 nitrogen and oxygen atoms in total. The fraction of sp³-hybridized carbons (Fsp3) is 0.150. The monoisotopic (exact) mass is 378 g/mol. The molecule has 2 aromatic carbocycles. The minimum Gasteiger partial charge on any atom is -0.497 e. The zero-order chi connectivity index (χ0) is 19.5. The fourth-order valence-corrected chi connectivity index (χ4v) is 2.79. The van der Waals surface area contributed by atoms with Gasteiger partial charge in [0.15, 0.2) is 11.5 Å². The second-order valence-corrected chi connectivity index (χ2v) is 5.89. The Morgan fingerprint density at radius 3 is 2.50 bits per heavy atom. The third-order valence-electron chi connectivity index (χ3n) is 4.24. The number of benzene rings is 2. The molecule has 0 aliphatic carbocycles. The summed E-state index contributed by atoms with van der Waals surface area (Å²) >= 11 is 0. The van der Waals surface area contributed by atoms with Crippen molar-refractivity contribution < 1.29 is 18.7 Å². The van der Waals surface area contributed by atoms with Crippen LogP contribution in [0.3, 0.4) is 0 Å². The summed E-state index contributed by atoms with van der Waals surface area (Å²) < 4.78 is 21.2. The molecular formula is C20H18N4O4. The molecule has 0 amide bonds. The van der Waals surface area contributed by atoms with Gasteiger partial charge < -0.3 is 18.7 Å². The van der Waals surface area contributed by atoms with Crippen LogP contribution in [0, 0.1) is 0 Å². The number of nitrogens with one attached hydrogen (secondary N) is 1. The van der Waals surface area contributed by atoms with Crippen LogP contribution in [-0.2, 0) is 0 Å². The van der Waals surface area contributed by atoms with Gasteiger partial charge in [-0.1, -0.05) is 17.3 Å². The number of hydrogen-bond acceptors (Lipinski definition) is 7. The highest BCUT2D eigenvalue weighted by Crippen LogP contribution is 2.32. The molecule has 0 unspecified atom stereocenters. The van der Waals surface area contributed by atoms with Crippen molar-refractivity contribution in [2.24, 2.45) is 0 Å². The van der Waals surface area contributed by atoms with E-state index in [9.17, 15) is 0 Å². The van der Waals surface area contributed by atoms with Crippen LogP contribution in [0.1, 0.15) is 0 Å². The number of rotatable bonds is 6. The maximum absolute atomic E-state index is 5.40. The average molecular weight is 378 g/mol. The number of methoxy groups -OCH3 is 3. The van der Waals surface area contributed by atoms with E-state index >= 15 is 0 Å². The van der Waals surface area contributed by atoms with E-state index in [4.69, 9.17) is 18.7 Å². The van der Waals surface area contributed by atoms with Crippen molar-refractivity contribution >= 4 is 0 Å². The van der Waals surface area contributed by atoms with Crippen molar-refractivity contribution in [3.8, 4) is 51.5 Å². The molecular weight excluding hydrogens is 360 g/mol. The molecule has 4 aromatic rings. The quantitative estimate of drug-likeness (QED) is 0.545. The lowest BCUT2D eigenvalue weighted by Gasteiger charge is -2.07. The van der Waals surface area contributed by atoms with Crippen LogP contribution in [0.15, 0.2) is 53.1 Å². The Labute approximate surface area is 161 Å². The fourth-order valence-electron chi connectivity index (χ4n) is 2.79. The molecule has 0 atom stereocenters. The molecule has 28 heavy (non-hydrogen) atoms. The van der Waals surface area contributed by atoms with Crippen LogP contribution < -0.4 is 14.2 Å². The van der Waals surface area contributed by atoms with Gasteiger partial charge in [0, 0.05) is 11.1 Å². The molecule has 2 heterocycles. The largest absolute Gasteiger partial charge is 0.497 e. The Kier molecular flexibility index (Phi) is 4.67. The maximum atomic E-state index is 5.40. The van der Waals surface area contributed by atoms with Crippen LogP contribution in [0.2, 0.25) is 0 Å². The number of aromatic amines is 1. The first-order valence-electron chi connectivity index (χ1n) is 8.48. The SMILES string of the molecule is COc1cccc(-c2cc(-c3nc(-c4ccc(OC)c(OC)c4)no3)[nH]n2)c1. The van der Waals surface area contributed by atoms with Gasteiger partial charge in [-0.3, -0.25) is 5.10 Å². The van der Waals surface area contributed by atoms with Crippen LogP contribution in [-0.4, -0.2) is 41.7 Å². The molecule has 0 fully saturated rings. The Bertz CT molecular complexity index is 1100. The molecule has 0 radical (unpaired) electrons. The van der Waals surface area contributed by atoms with E-state index in [-0.39, 0.29) is 0 Å². The third-order valence-corrected chi connectivity index (χ3v) is 4.24. The summed E-state index contributed by atoms with van der Waals surface area (Å²) in [4.78, 5) is 4.45.